The number of pyridine rings is 1. The molecule has 3 aliphatic heterocycles. The summed E-state index contributed by atoms with van der Waals surface area (Å²) in [6.45, 7) is 14.6. The van der Waals surface area contributed by atoms with Gasteiger partial charge in [-0.3, -0.25) is 14.0 Å². The zero-order chi connectivity index (χ0) is 39.0. The lowest BCUT2D eigenvalue weighted by atomic mass is 9.95. The van der Waals surface area contributed by atoms with Gasteiger partial charge in [-0.25, -0.2) is 15.0 Å². The van der Waals surface area contributed by atoms with Gasteiger partial charge in [-0.05, 0) is 80.5 Å². The van der Waals surface area contributed by atoms with Gasteiger partial charge in [-0.2, -0.15) is 0 Å². The average Bonchev–Trinajstić information content (AvgIpc) is 3.88. The Hall–Kier alpha value is -5.53. The van der Waals surface area contributed by atoms with E-state index < -0.39 is 0 Å². The fourth-order valence-corrected chi connectivity index (χ4v) is 8.33. The molecule has 296 valence electrons. The summed E-state index contributed by atoms with van der Waals surface area (Å²) < 4.78 is 10.1. The van der Waals surface area contributed by atoms with Crippen LogP contribution in [0.2, 0.25) is 0 Å². The van der Waals surface area contributed by atoms with Crippen molar-refractivity contribution in [3.8, 4) is 11.4 Å². The van der Waals surface area contributed by atoms with E-state index in [-0.39, 0.29) is 0 Å². The van der Waals surface area contributed by atoms with Crippen LogP contribution in [0.4, 0.5) is 11.8 Å². The number of ether oxygens (including phenoxy) is 1. The van der Waals surface area contributed by atoms with Gasteiger partial charge in [-0.1, -0.05) is 56.3 Å². The van der Waals surface area contributed by atoms with Gasteiger partial charge in [0.15, 0.2) is 5.82 Å². The third-order valence-corrected chi connectivity index (χ3v) is 11.4. The highest BCUT2D eigenvalue weighted by Gasteiger charge is 2.29. The maximum Gasteiger partial charge on any atom is 0.225 e. The van der Waals surface area contributed by atoms with E-state index in [1.807, 2.05) is 25.3 Å². The highest BCUT2D eigenvalue weighted by Crippen LogP contribution is 2.33. The third-order valence-electron chi connectivity index (χ3n) is 11.4. The first-order valence-corrected chi connectivity index (χ1v) is 20.5. The van der Waals surface area contributed by atoms with Gasteiger partial charge in [0.1, 0.15) is 23.3 Å². The van der Waals surface area contributed by atoms with Gasteiger partial charge < -0.3 is 14.5 Å². The predicted octanol–water partition coefficient (Wildman–Crippen LogP) is 6.75. The summed E-state index contributed by atoms with van der Waals surface area (Å²) in [6.07, 6.45) is 9.64. The zero-order valence-corrected chi connectivity index (χ0v) is 33.4. The molecule has 13 nitrogen and oxygen atoms in total. The summed E-state index contributed by atoms with van der Waals surface area (Å²) in [7, 11) is 0. The van der Waals surface area contributed by atoms with Crippen LogP contribution in [0, 0.1) is 6.92 Å². The number of hydrogen-bond donors (Lipinski definition) is 0. The minimum Gasteiger partial charge on any atom is -0.379 e. The van der Waals surface area contributed by atoms with Crippen molar-refractivity contribution in [2.24, 2.45) is 0 Å². The number of nitrogens with zero attached hydrogens (tertiary/aromatic N) is 12. The quantitative estimate of drug-likeness (QED) is 0.156. The highest BCUT2D eigenvalue weighted by molar-refractivity contribution is 5.45. The Morgan fingerprint density at radius 3 is 1.91 bits per heavy atom. The second-order valence-electron chi connectivity index (χ2n) is 15.4. The topological polar surface area (TPSA) is 119 Å². The monoisotopic (exact) mass is 766 g/mol. The van der Waals surface area contributed by atoms with Crippen LogP contribution in [-0.2, 0) is 11.3 Å². The largest absolute Gasteiger partial charge is 0.379 e. The van der Waals surface area contributed by atoms with Crippen LogP contribution in [0.1, 0.15) is 86.1 Å². The van der Waals surface area contributed by atoms with Crippen LogP contribution in [-0.4, -0.2) is 102 Å². The van der Waals surface area contributed by atoms with E-state index in [9.17, 15) is 0 Å². The molecular weight excluding hydrogens is 713 g/mol. The van der Waals surface area contributed by atoms with Crippen molar-refractivity contribution in [3.63, 3.8) is 0 Å². The van der Waals surface area contributed by atoms with Crippen molar-refractivity contribution in [3.05, 3.63) is 126 Å². The Balaban J connectivity index is 0.000000161. The van der Waals surface area contributed by atoms with E-state index in [0.29, 0.717) is 17.8 Å². The molecule has 3 saturated heterocycles. The van der Waals surface area contributed by atoms with Crippen LogP contribution in [0.15, 0.2) is 97.5 Å². The normalized spacial score (nSPS) is 17.1. The van der Waals surface area contributed by atoms with E-state index in [0.717, 1.165) is 125 Å². The first kappa shape index (κ1) is 38.3. The number of anilines is 2. The summed E-state index contributed by atoms with van der Waals surface area (Å²) in [5.74, 6) is 7.26. The molecule has 0 unspecified atom stereocenters. The number of piperidine rings is 2. The number of rotatable bonds is 9. The molecule has 4 aromatic heterocycles. The molecule has 7 heterocycles. The van der Waals surface area contributed by atoms with Crippen LogP contribution in [0.3, 0.4) is 0 Å². The number of aryl methyl sites for hydroxylation is 1. The standard InChI is InChI=1S/C23H28N6O.C21H26N6/c1-2-6-20(7-3-1)29-22(18-27-14-16-30-17-15-27)25-26-23(29)19-9-12-28(13-10-19)21-8-4-5-11-24-21;1-15(2)18-7-4-5-8-19(18)27-16(3)24-25-20(27)17-9-13-26(14-10-17)21-22-11-6-12-23-21/h1-8,11,19H,9-10,12-18H2;4-8,11-12,15,17H,9-10,13-14H2,1-3H3. The molecule has 0 atom stereocenters. The van der Waals surface area contributed by atoms with Crippen molar-refractivity contribution in [1.82, 2.24) is 49.4 Å². The molecule has 57 heavy (non-hydrogen) atoms. The molecule has 13 heteroatoms. The minimum atomic E-state index is 0.395. The Bertz CT molecular complexity index is 2130. The van der Waals surface area contributed by atoms with Gasteiger partial charge in [0.2, 0.25) is 5.95 Å². The average molecular weight is 767 g/mol. The second-order valence-corrected chi connectivity index (χ2v) is 15.4. The Morgan fingerprint density at radius 2 is 1.23 bits per heavy atom. The molecule has 6 aromatic rings. The summed E-state index contributed by atoms with van der Waals surface area (Å²) in [4.78, 5) is 20.3. The molecular formula is C44H54N12O. The van der Waals surface area contributed by atoms with Gasteiger partial charge >= 0.3 is 0 Å². The fourth-order valence-electron chi connectivity index (χ4n) is 8.33. The molecule has 0 amide bonds. The lowest BCUT2D eigenvalue weighted by Crippen LogP contribution is -2.36. The van der Waals surface area contributed by atoms with E-state index in [1.54, 1.807) is 12.4 Å². The summed E-state index contributed by atoms with van der Waals surface area (Å²) in [5.41, 5.74) is 3.68. The van der Waals surface area contributed by atoms with Crippen molar-refractivity contribution in [2.75, 3.05) is 62.3 Å². The summed E-state index contributed by atoms with van der Waals surface area (Å²) in [6, 6.07) is 27.1. The van der Waals surface area contributed by atoms with Gasteiger partial charge in [0.05, 0.1) is 25.4 Å². The van der Waals surface area contributed by atoms with Crippen LogP contribution in [0.25, 0.3) is 11.4 Å². The third kappa shape index (κ3) is 8.89. The minimum absolute atomic E-state index is 0.395. The van der Waals surface area contributed by atoms with Crippen molar-refractivity contribution < 1.29 is 4.74 Å². The van der Waals surface area contributed by atoms with E-state index in [4.69, 9.17) is 9.84 Å². The molecule has 0 radical (unpaired) electrons. The Labute approximate surface area is 335 Å². The van der Waals surface area contributed by atoms with Crippen LogP contribution >= 0.6 is 0 Å². The number of hydrogen-bond acceptors (Lipinski definition) is 11. The van der Waals surface area contributed by atoms with Gasteiger partial charge in [0.25, 0.3) is 0 Å². The summed E-state index contributed by atoms with van der Waals surface area (Å²) in [5, 5.41) is 18.3. The first-order chi connectivity index (χ1) is 28.0. The fraction of sp³-hybridized carbons (Fsp3) is 0.432. The molecule has 0 N–H and O–H groups in total. The molecule has 3 aliphatic rings. The van der Waals surface area contributed by atoms with Gasteiger partial charge in [0, 0.05) is 75.4 Å². The smallest absolute Gasteiger partial charge is 0.225 e. The van der Waals surface area contributed by atoms with Crippen molar-refractivity contribution >= 4 is 11.8 Å². The number of aromatic nitrogens is 9. The van der Waals surface area contributed by atoms with Crippen molar-refractivity contribution in [1.29, 1.82) is 0 Å². The maximum absolute atomic E-state index is 5.50. The van der Waals surface area contributed by atoms with E-state index in [1.165, 1.54) is 11.3 Å². The van der Waals surface area contributed by atoms with Crippen LogP contribution < -0.4 is 9.80 Å². The summed E-state index contributed by atoms with van der Waals surface area (Å²) >= 11 is 0. The van der Waals surface area contributed by atoms with Crippen LogP contribution in [0.5, 0.6) is 0 Å². The molecule has 0 aliphatic carbocycles. The molecule has 0 bridgehead atoms. The zero-order valence-electron chi connectivity index (χ0n) is 33.4. The van der Waals surface area contributed by atoms with Crippen molar-refractivity contribution in [2.45, 2.75) is 70.8 Å². The SMILES string of the molecule is Cc1nnc(C2CCN(c3ncccn3)CC2)n1-c1ccccc1C(C)C.c1ccc(-n2c(CN3CCOCC3)nnc2C2CCN(c3ccccn3)CC2)cc1. The molecule has 9 rings (SSSR count). The van der Waals surface area contributed by atoms with Gasteiger partial charge in [-0.15, -0.1) is 20.4 Å². The molecule has 2 aromatic carbocycles. The number of benzene rings is 2. The molecule has 3 fully saturated rings. The lowest BCUT2D eigenvalue weighted by molar-refractivity contribution is 0.0328. The molecule has 0 saturated carbocycles. The molecule has 0 spiro atoms. The lowest BCUT2D eigenvalue weighted by Gasteiger charge is -2.32. The Morgan fingerprint density at radius 1 is 0.614 bits per heavy atom. The Kier molecular flexibility index (Phi) is 12.2. The first-order valence-electron chi connectivity index (χ1n) is 20.5. The maximum atomic E-state index is 5.50. The predicted molar refractivity (Wildman–Crippen MR) is 222 cm³/mol. The number of para-hydroxylation sites is 2. The van der Waals surface area contributed by atoms with E-state index in [2.05, 4.69) is 135 Å². The highest BCUT2D eigenvalue weighted by atomic mass is 16.5. The number of morpholine rings is 1. The van der Waals surface area contributed by atoms with E-state index >= 15 is 0 Å². The second kappa shape index (κ2) is 18.2.